The van der Waals surface area contributed by atoms with Crippen molar-refractivity contribution >= 4 is 18.3 Å². The average Bonchev–Trinajstić information content (AvgIpc) is 2.41. The van der Waals surface area contributed by atoms with Crippen molar-refractivity contribution in [3.05, 3.63) is 35.1 Å². The second-order valence-electron chi connectivity index (χ2n) is 4.77. The molecule has 1 aromatic carbocycles. The van der Waals surface area contributed by atoms with Crippen LogP contribution in [0.25, 0.3) is 0 Å². The highest BCUT2D eigenvalue weighted by Gasteiger charge is 2.32. The van der Waals surface area contributed by atoms with Gasteiger partial charge in [0.05, 0.1) is 5.56 Å². The molecule has 0 saturated heterocycles. The Morgan fingerprint density at radius 2 is 1.95 bits per heavy atom. The highest BCUT2D eigenvalue weighted by molar-refractivity contribution is 5.94. The van der Waals surface area contributed by atoms with Crippen molar-refractivity contribution in [3.8, 4) is 0 Å². The zero-order valence-electron chi connectivity index (χ0n) is 12.0. The first-order chi connectivity index (χ1) is 9.77. The van der Waals surface area contributed by atoms with Gasteiger partial charge in [-0.1, -0.05) is 19.8 Å². The van der Waals surface area contributed by atoms with Crippen LogP contribution in [0.5, 0.6) is 0 Å². The van der Waals surface area contributed by atoms with E-state index in [1.165, 1.54) is 0 Å². The summed E-state index contributed by atoms with van der Waals surface area (Å²) >= 11 is 0. The Morgan fingerprint density at radius 1 is 1.32 bits per heavy atom. The van der Waals surface area contributed by atoms with Crippen molar-refractivity contribution in [1.82, 2.24) is 5.32 Å². The Morgan fingerprint density at radius 3 is 2.45 bits per heavy atom. The number of hydrogen-bond acceptors (Lipinski definition) is 2. The molecule has 0 saturated carbocycles. The fraction of sp³-hybridized carbons (Fsp3) is 0.500. The maximum absolute atomic E-state index is 13.2. The Balaban J connectivity index is 0.00000441. The van der Waals surface area contributed by atoms with Gasteiger partial charge in [0.2, 0.25) is 0 Å². The standard InChI is InChI=1S/C14H18F4N2O.ClH/c1-2-3-4-12(8-19)20-13(21)9-5-10(14(16,17)18)7-11(15)6-9;/h5-7,12H,2-4,8,19H2,1H3,(H,20,21);1H. The van der Waals surface area contributed by atoms with E-state index in [2.05, 4.69) is 5.32 Å². The third-order valence-corrected chi connectivity index (χ3v) is 3.01. The number of nitrogens with one attached hydrogen (secondary N) is 1. The van der Waals surface area contributed by atoms with Crippen molar-refractivity contribution in [2.75, 3.05) is 6.54 Å². The van der Waals surface area contributed by atoms with Crippen molar-refractivity contribution in [2.24, 2.45) is 5.73 Å². The average molecular weight is 343 g/mol. The monoisotopic (exact) mass is 342 g/mol. The van der Waals surface area contributed by atoms with Crippen LogP contribution in [0.1, 0.15) is 42.1 Å². The van der Waals surface area contributed by atoms with E-state index in [-0.39, 0.29) is 30.6 Å². The Kier molecular flexibility index (Phi) is 8.40. The molecule has 126 valence electrons. The maximum atomic E-state index is 13.2. The molecule has 0 aliphatic heterocycles. The molecule has 0 radical (unpaired) electrons. The van der Waals surface area contributed by atoms with Crippen molar-refractivity contribution in [2.45, 2.75) is 38.4 Å². The third kappa shape index (κ3) is 6.19. The molecule has 0 spiro atoms. The van der Waals surface area contributed by atoms with Gasteiger partial charge in [0.1, 0.15) is 5.82 Å². The molecular formula is C14H19ClF4N2O. The largest absolute Gasteiger partial charge is 0.416 e. The first kappa shape index (κ1) is 20.7. The number of hydrogen-bond donors (Lipinski definition) is 2. The van der Waals surface area contributed by atoms with Gasteiger partial charge in [-0.2, -0.15) is 13.2 Å². The Labute approximate surface area is 132 Å². The second-order valence-corrected chi connectivity index (χ2v) is 4.77. The lowest BCUT2D eigenvalue weighted by Gasteiger charge is -2.17. The summed E-state index contributed by atoms with van der Waals surface area (Å²) in [7, 11) is 0. The summed E-state index contributed by atoms with van der Waals surface area (Å²) in [6.45, 7) is 2.14. The molecule has 1 amide bonds. The maximum Gasteiger partial charge on any atom is 0.416 e. The molecule has 1 unspecified atom stereocenters. The van der Waals surface area contributed by atoms with Gasteiger partial charge in [0.15, 0.2) is 0 Å². The molecule has 8 heteroatoms. The van der Waals surface area contributed by atoms with Crippen LogP contribution in [-0.4, -0.2) is 18.5 Å². The highest BCUT2D eigenvalue weighted by atomic mass is 35.5. The van der Waals surface area contributed by atoms with E-state index in [1.807, 2.05) is 6.92 Å². The number of carbonyl (C=O) groups excluding carboxylic acids is 1. The molecule has 0 aromatic heterocycles. The second kappa shape index (κ2) is 8.95. The molecular weight excluding hydrogens is 324 g/mol. The van der Waals surface area contributed by atoms with Crippen LogP contribution in [0, 0.1) is 5.82 Å². The quantitative estimate of drug-likeness (QED) is 0.777. The van der Waals surface area contributed by atoms with Crippen LogP contribution in [0.2, 0.25) is 0 Å². The predicted octanol–water partition coefficient (Wildman–Crippen LogP) is 3.51. The van der Waals surface area contributed by atoms with Crippen LogP contribution in [-0.2, 0) is 6.18 Å². The van der Waals surface area contributed by atoms with Crippen molar-refractivity contribution < 1.29 is 22.4 Å². The number of unbranched alkanes of at least 4 members (excludes halogenated alkanes) is 1. The SMILES string of the molecule is CCCCC(CN)NC(=O)c1cc(F)cc(C(F)(F)F)c1.Cl. The van der Waals surface area contributed by atoms with Gasteiger partial charge in [-0.05, 0) is 24.6 Å². The van der Waals surface area contributed by atoms with E-state index in [0.29, 0.717) is 18.6 Å². The fourth-order valence-electron chi connectivity index (χ4n) is 1.85. The topological polar surface area (TPSA) is 55.1 Å². The number of nitrogens with two attached hydrogens (primary N) is 1. The summed E-state index contributed by atoms with van der Waals surface area (Å²) in [6.07, 6.45) is -2.34. The lowest BCUT2D eigenvalue weighted by Crippen LogP contribution is -2.40. The number of amides is 1. The third-order valence-electron chi connectivity index (χ3n) is 3.01. The molecule has 3 nitrogen and oxygen atoms in total. The van der Waals surface area contributed by atoms with E-state index in [1.54, 1.807) is 0 Å². The first-order valence-electron chi connectivity index (χ1n) is 6.66. The van der Waals surface area contributed by atoms with Gasteiger partial charge in [-0.3, -0.25) is 4.79 Å². The normalized spacial score (nSPS) is 12.5. The summed E-state index contributed by atoms with van der Waals surface area (Å²) in [4.78, 5) is 11.9. The van der Waals surface area contributed by atoms with Gasteiger partial charge in [0.25, 0.3) is 5.91 Å². The lowest BCUT2D eigenvalue weighted by molar-refractivity contribution is -0.137. The van der Waals surface area contributed by atoms with Crippen LogP contribution < -0.4 is 11.1 Å². The number of carbonyl (C=O) groups is 1. The summed E-state index contributed by atoms with van der Waals surface area (Å²) in [5, 5.41) is 2.53. The summed E-state index contributed by atoms with van der Waals surface area (Å²) in [6, 6.07) is 1.42. The van der Waals surface area contributed by atoms with Gasteiger partial charge < -0.3 is 11.1 Å². The molecule has 1 aromatic rings. The molecule has 0 heterocycles. The van der Waals surface area contributed by atoms with Crippen molar-refractivity contribution in [3.63, 3.8) is 0 Å². The molecule has 0 aliphatic carbocycles. The van der Waals surface area contributed by atoms with Crippen LogP contribution in [0.3, 0.4) is 0 Å². The smallest absolute Gasteiger partial charge is 0.348 e. The van der Waals surface area contributed by atoms with Crippen LogP contribution in [0.4, 0.5) is 17.6 Å². The summed E-state index contributed by atoms with van der Waals surface area (Å²) in [5.74, 6) is -1.86. The van der Waals surface area contributed by atoms with Crippen LogP contribution in [0.15, 0.2) is 18.2 Å². The highest BCUT2D eigenvalue weighted by Crippen LogP contribution is 2.30. The van der Waals surface area contributed by atoms with E-state index >= 15 is 0 Å². The zero-order valence-corrected chi connectivity index (χ0v) is 12.9. The predicted molar refractivity (Wildman–Crippen MR) is 78.5 cm³/mol. The lowest BCUT2D eigenvalue weighted by atomic mass is 10.1. The van der Waals surface area contributed by atoms with E-state index in [4.69, 9.17) is 5.73 Å². The van der Waals surface area contributed by atoms with E-state index in [9.17, 15) is 22.4 Å². The minimum atomic E-state index is -4.70. The minimum Gasteiger partial charge on any atom is -0.348 e. The minimum absolute atomic E-state index is 0. The summed E-state index contributed by atoms with van der Waals surface area (Å²) < 4.78 is 51.0. The Hall–Kier alpha value is -1.34. The van der Waals surface area contributed by atoms with Crippen molar-refractivity contribution in [1.29, 1.82) is 0 Å². The Bertz CT molecular complexity index is 494. The molecule has 1 atom stereocenters. The number of benzene rings is 1. The molecule has 3 N–H and O–H groups in total. The number of rotatable bonds is 6. The molecule has 0 aliphatic rings. The molecule has 1 rings (SSSR count). The van der Waals surface area contributed by atoms with E-state index in [0.717, 1.165) is 18.9 Å². The van der Waals surface area contributed by atoms with Gasteiger partial charge in [-0.25, -0.2) is 4.39 Å². The molecule has 22 heavy (non-hydrogen) atoms. The van der Waals surface area contributed by atoms with E-state index < -0.39 is 23.5 Å². The van der Waals surface area contributed by atoms with Gasteiger partial charge >= 0.3 is 6.18 Å². The molecule has 0 fully saturated rings. The van der Waals surface area contributed by atoms with Gasteiger partial charge in [0, 0.05) is 18.2 Å². The summed E-state index contributed by atoms with van der Waals surface area (Å²) in [5.41, 5.74) is 3.95. The number of halogens is 5. The molecule has 0 bridgehead atoms. The fourth-order valence-corrected chi connectivity index (χ4v) is 1.85. The van der Waals surface area contributed by atoms with Crippen LogP contribution >= 0.6 is 12.4 Å². The van der Waals surface area contributed by atoms with Gasteiger partial charge in [-0.15, -0.1) is 12.4 Å². The number of alkyl halides is 3. The zero-order chi connectivity index (χ0) is 16.0. The first-order valence-corrected chi connectivity index (χ1v) is 6.66.